The molecule has 112 valence electrons. The fourth-order valence-electron chi connectivity index (χ4n) is 2.21. The van der Waals surface area contributed by atoms with Gasteiger partial charge in [-0.15, -0.1) is 0 Å². The Kier molecular flexibility index (Phi) is 6.23. The van der Waals surface area contributed by atoms with E-state index < -0.39 is 6.04 Å². The number of nitrogens with one attached hydrogen (secondary N) is 1. The number of piperidine rings is 1. The van der Waals surface area contributed by atoms with E-state index in [2.05, 4.69) is 10.2 Å². The van der Waals surface area contributed by atoms with Gasteiger partial charge in [-0.3, -0.25) is 4.79 Å². The molecule has 0 bridgehead atoms. The molecule has 0 radical (unpaired) electrons. The quantitative estimate of drug-likeness (QED) is 0.768. The van der Waals surface area contributed by atoms with Crippen LogP contribution in [-0.2, 0) is 9.53 Å². The van der Waals surface area contributed by atoms with Gasteiger partial charge in [-0.1, -0.05) is 20.8 Å². The lowest BCUT2D eigenvalue weighted by atomic mass is 9.86. The molecule has 0 aromatic rings. The summed E-state index contributed by atoms with van der Waals surface area (Å²) in [7, 11) is 1.72. The molecule has 3 N–H and O–H groups in total. The highest BCUT2D eigenvalue weighted by atomic mass is 16.5. The summed E-state index contributed by atoms with van der Waals surface area (Å²) in [5.74, 6) is -0.0251. The van der Waals surface area contributed by atoms with E-state index in [-0.39, 0.29) is 17.4 Å². The molecule has 1 rings (SSSR count). The zero-order chi connectivity index (χ0) is 14.5. The van der Waals surface area contributed by atoms with Crippen molar-refractivity contribution in [1.29, 1.82) is 0 Å². The van der Waals surface area contributed by atoms with Gasteiger partial charge in [0.25, 0.3) is 0 Å². The summed E-state index contributed by atoms with van der Waals surface area (Å²) >= 11 is 0. The largest absolute Gasteiger partial charge is 0.383 e. The average molecular weight is 271 g/mol. The highest BCUT2D eigenvalue weighted by Crippen LogP contribution is 2.18. The Balaban J connectivity index is 2.31. The number of rotatable bonds is 5. The second-order valence-corrected chi connectivity index (χ2v) is 6.46. The highest BCUT2D eigenvalue weighted by molar-refractivity contribution is 5.82. The van der Waals surface area contributed by atoms with Crippen molar-refractivity contribution in [3.63, 3.8) is 0 Å². The summed E-state index contributed by atoms with van der Waals surface area (Å²) in [6, 6.07) is -0.182. The first kappa shape index (κ1) is 16.4. The molecule has 0 aliphatic carbocycles. The monoisotopic (exact) mass is 271 g/mol. The number of hydrogen-bond donors (Lipinski definition) is 2. The third-order valence-electron chi connectivity index (χ3n) is 3.76. The van der Waals surface area contributed by atoms with E-state index in [1.54, 1.807) is 7.11 Å². The molecule has 5 nitrogen and oxygen atoms in total. The second kappa shape index (κ2) is 7.22. The van der Waals surface area contributed by atoms with Gasteiger partial charge < -0.3 is 20.7 Å². The first-order valence-corrected chi connectivity index (χ1v) is 7.12. The Morgan fingerprint density at radius 2 is 2.00 bits per heavy atom. The number of amides is 1. The van der Waals surface area contributed by atoms with Gasteiger partial charge in [0.15, 0.2) is 0 Å². The van der Waals surface area contributed by atoms with Crippen LogP contribution in [0.25, 0.3) is 0 Å². The number of methoxy groups -OCH3 is 1. The lowest BCUT2D eigenvalue weighted by Crippen LogP contribution is -2.53. The average Bonchev–Trinajstić information content (AvgIpc) is 2.36. The number of nitrogens with two attached hydrogens (primary N) is 1. The van der Waals surface area contributed by atoms with Crippen LogP contribution < -0.4 is 11.1 Å². The highest BCUT2D eigenvalue weighted by Gasteiger charge is 2.29. The molecule has 1 aliphatic heterocycles. The molecule has 1 saturated heterocycles. The lowest BCUT2D eigenvalue weighted by molar-refractivity contribution is -0.125. The van der Waals surface area contributed by atoms with Crippen molar-refractivity contribution in [2.45, 2.75) is 45.7 Å². The topological polar surface area (TPSA) is 67.6 Å². The molecule has 19 heavy (non-hydrogen) atoms. The van der Waals surface area contributed by atoms with Gasteiger partial charge in [-0.25, -0.2) is 0 Å². The maximum Gasteiger partial charge on any atom is 0.237 e. The van der Waals surface area contributed by atoms with Crippen molar-refractivity contribution in [2.75, 3.05) is 33.4 Å². The van der Waals surface area contributed by atoms with Gasteiger partial charge in [-0.05, 0) is 18.3 Å². The van der Waals surface area contributed by atoms with Gasteiger partial charge in [0, 0.05) is 32.8 Å². The van der Waals surface area contributed by atoms with Crippen molar-refractivity contribution >= 4 is 5.91 Å². The van der Waals surface area contributed by atoms with E-state index in [1.165, 1.54) is 0 Å². The van der Waals surface area contributed by atoms with Crippen molar-refractivity contribution in [3.8, 4) is 0 Å². The van der Waals surface area contributed by atoms with Gasteiger partial charge >= 0.3 is 0 Å². The van der Waals surface area contributed by atoms with Gasteiger partial charge in [0.2, 0.25) is 5.91 Å². The van der Waals surface area contributed by atoms with Crippen molar-refractivity contribution in [2.24, 2.45) is 11.1 Å². The number of hydrogen-bond acceptors (Lipinski definition) is 4. The fraction of sp³-hybridized carbons (Fsp3) is 0.929. The molecular weight excluding hydrogens is 242 g/mol. The Hall–Kier alpha value is -0.650. The van der Waals surface area contributed by atoms with Crippen LogP contribution in [-0.4, -0.2) is 56.2 Å². The van der Waals surface area contributed by atoms with Crippen LogP contribution in [0.1, 0.15) is 33.6 Å². The van der Waals surface area contributed by atoms with Crippen LogP contribution in [0.4, 0.5) is 0 Å². The van der Waals surface area contributed by atoms with Crippen LogP contribution in [0.3, 0.4) is 0 Å². The second-order valence-electron chi connectivity index (χ2n) is 6.46. The fourth-order valence-corrected chi connectivity index (χ4v) is 2.21. The third-order valence-corrected chi connectivity index (χ3v) is 3.76. The molecule has 0 spiro atoms. The summed E-state index contributed by atoms with van der Waals surface area (Å²) in [4.78, 5) is 14.4. The zero-order valence-electron chi connectivity index (χ0n) is 12.7. The van der Waals surface area contributed by atoms with Crippen molar-refractivity contribution in [3.05, 3.63) is 0 Å². The van der Waals surface area contributed by atoms with Crippen LogP contribution in [0.2, 0.25) is 0 Å². The van der Waals surface area contributed by atoms with Crippen molar-refractivity contribution in [1.82, 2.24) is 10.2 Å². The van der Waals surface area contributed by atoms with E-state index in [1.807, 2.05) is 20.8 Å². The molecule has 1 heterocycles. The molecular formula is C14H29N3O2. The summed E-state index contributed by atoms with van der Waals surface area (Å²) in [6.45, 7) is 9.74. The minimum absolute atomic E-state index is 0.0251. The summed E-state index contributed by atoms with van der Waals surface area (Å²) in [6.07, 6.45) is 1.98. The van der Waals surface area contributed by atoms with Gasteiger partial charge in [-0.2, -0.15) is 0 Å². The van der Waals surface area contributed by atoms with Crippen LogP contribution in [0.5, 0.6) is 0 Å². The minimum Gasteiger partial charge on any atom is -0.383 e. The third kappa shape index (κ3) is 5.47. The van der Waals surface area contributed by atoms with E-state index in [0.29, 0.717) is 0 Å². The summed E-state index contributed by atoms with van der Waals surface area (Å²) in [5, 5.41) is 3.08. The first-order valence-electron chi connectivity index (χ1n) is 7.12. The van der Waals surface area contributed by atoms with Crippen LogP contribution >= 0.6 is 0 Å². The Morgan fingerprint density at radius 1 is 1.42 bits per heavy atom. The Morgan fingerprint density at radius 3 is 2.47 bits per heavy atom. The molecule has 5 heteroatoms. The Labute approximate surface area is 116 Å². The maximum absolute atomic E-state index is 12.0. The molecule has 1 fully saturated rings. The molecule has 0 aromatic heterocycles. The van der Waals surface area contributed by atoms with Crippen LogP contribution in [0.15, 0.2) is 0 Å². The number of ether oxygens (including phenoxy) is 1. The first-order chi connectivity index (χ1) is 8.84. The zero-order valence-corrected chi connectivity index (χ0v) is 12.7. The van der Waals surface area contributed by atoms with Gasteiger partial charge in [0.1, 0.15) is 0 Å². The standard InChI is InChI=1S/C14H29N3O2/c1-14(2,3)12(15)13(18)16-11-5-7-17(8-6-11)9-10-19-4/h11-12H,5-10,15H2,1-4H3,(H,16,18)/t12-/m1/s1. The summed E-state index contributed by atoms with van der Waals surface area (Å²) in [5.41, 5.74) is 5.77. The van der Waals surface area contributed by atoms with Crippen molar-refractivity contribution < 1.29 is 9.53 Å². The molecule has 0 aromatic carbocycles. The SMILES string of the molecule is COCCN1CCC(NC(=O)[C@@H](N)C(C)(C)C)CC1. The van der Waals surface area contributed by atoms with E-state index in [0.717, 1.165) is 39.1 Å². The predicted molar refractivity (Wildman–Crippen MR) is 76.9 cm³/mol. The Bertz CT molecular complexity index is 281. The molecule has 0 saturated carbocycles. The number of carbonyl (C=O) groups is 1. The van der Waals surface area contributed by atoms with E-state index in [9.17, 15) is 4.79 Å². The van der Waals surface area contributed by atoms with E-state index in [4.69, 9.17) is 10.5 Å². The number of nitrogens with zero attached hydrogens (tertiary/aromatic N) is 1. The smallest absolute Gasteiger partial charge is 0.237 e. The molecule has 1 atom stereocenters. The number of carbonyl (C=O) groups excluding carboxylic acids is 1. The predicted octanol–water partition coefficient (Wildman–Crippen LogP) is 0.587. The van der Waals surface area contributed by atoms with E-state index >= 15 is 0 Å². The molecule has 0 unspecified atom stereocenters. The van der Waals surface area contributed by atoms with Gasteiger partial charge in [0.05, 0.1) is 12.6 Å². The normalized spacial score (nSPS) is 20.3. The molecule has 1 amide bonds. The molecule has 1 aliphatic rings. The summed E-state index contributed by atoms with van der Waals surface area (Å²) < 4.78 is 5.08. The lowest BCUT2D eigenvalue weighted by Gasteiger charge is -2.34. The maximum atomic E-state index is 12.0. The minimum atomic E-state index is -0.445. The van der Waals surface area contributed by atoms with Crippen LogP contribution in [0, 0.1) is 5.41 Å². The number of likely N-dealkylation sites (tertiary alicyclic amines) is 1.